The number of aliphatic hydroxyl groups excluding tert-OH is 1. The Hall–Kier alpha value is 2.37. The normalized spacial score (nSPS) is 9.35. The predicted octanol–water partition coefficient (Wildman–Crippen LogP) is -4.15. The van der Waals surface area contributed by atoms with Gasteiger partial charge in [0.05, 0.1) is 0 Å². The van der Waals surface area contributed by atoms with Crippen LogP contribution in [0.15, 0.2) is 0 Å². The monoisotopic (exact) mass is 288 g/mol. The van der Waals surface area contributed by atoms with Crippen LogP contribution in [0, 0.1) is 0 Å². The van der Waals surface area contributed by atoms with Crippen molar-refractivity contribution in [3.8, 4) is 0 Å². The molecule has 0 aromatic heterocycles. The molecule has 0 amide bonds. The molecule has 11 heteroatoms. The van der Waals surface area contributed by atoms with Crippen LogP contribution in [0.3, 0.4) is 0 Å². The quantitative estimate of drug-likeness (QED) is 0.273. The summed E-state index contributed by atoms with van der Waals surface area (Å²) in [6.45, 7) is 1.03. The number of esters is 1. The van der Waals surface area contributed by atoms with Crippen molar-refractivity contribution in [1.82, 2.24) is 0 Å². The van der Waals surface area contributed by atoms with E-state index >= 15 is 0 Å². The zero-order chi connectivity index (χ0) is 10.6. The first-order chi connectivity index (χ1) is 5.86. The summed E-state index contributed by atoms with van der Waals surface area (Å²) >= 11 is 0. The fourth-order valence-corrected chi connectivity index (χ4v) is 0.421. The number of carbonyl (C=O) groups excluding carboxylic acids is 1. The van der Waals surface area contributed by atoms with E-state index in [9.17, 15) is 14.4 Å². The molecule has 0 fully saturated rings. The Morgan fingerprint density at radius 3 is 1.41 bits per heavy atom. The molecule has 3 N–H and O–H groups in total. The Bertz CT molecular complexity index is 231. The first kappa shape index (κ1) is 31.7. The van der Waals surface area contributed by atoms with Gasteiger partial charge < -0.3 is 20.1 Å². The molecule has 0 aliphatic heterocycles. The number of hydrogen-bond acceptors (Lipinski definition) is 5. The van der Waals surface area contributed by atoms with Crippen molar-refractivity contribution in [2.45, 2.75) is 19.1 Å². The number of aliphatic carboxylic acids is 2. The molecule has 1 atom stereocenters. The maximum atomic E-state index is 10.6. The second kappa shape index (κ2) is 16.4. The van der Waals surface area contributed by atoms with Crippen molar-refractivity contribution < 1.29 is 34.4 Å². The van der Waals surface area contributed by atoms with Crippen LogP contribution in [-0.2, 0) is 19.1 Å². The summed E-state index contributed by atoms with van der Waals surface area (Å²) in [5.41, 5.74) is 0. The Kier molecular flexibility index (Phi) is 30.6. The summed E-state index contributed by atoms with van der Waals surface area (Å²) in [5.74, 6) is -4.90. The number of carboxylic acids is 2. The third-order valence-corrected chi connectivity index (χ3v) is 1.02. The van der Waals surface area contributed by atoms with Crippen molar-refractivity contribution in [2.24, 2.45) is 0 Å². The zero-order valence-corrected chi connectivity index (χ0v) is 6.63. The summed E-state index contributed by atoms with van der Waals surface area (Å²) in [7, 11) is 0. The van der Waals surface area contributed by atoms with Crippen molar-refractivity contribution in [1.29, 1.82) is 0 Å². The maximum absolute atomic E-state index is 10.6. The second-order valence-electron chi connectivity index (χ2n) is 2.17. The second-order valence-corrected chi connectivity index (χ2v) is 2.17. The van der Waals surface area contributed by atoms with Gasteiger partial charge in [-0.2, -0.15) is 0 Å². The zero-order valence-electron chi connectivity index (χ0n) is 6.63. The van der Waals surface area contributed by atoms with Crippen LogP contribution in [0.4, 0.5) is 0 Å². The molecule has 0 saturated heterocycles. The van der Waals surface area contributed by atoms with Gasteiger partial charge in [-0.05, 0) is 6.92 Å². The van der Waals surface area contributed by atoms with Gasteiger partial charge in [-0.3, -0.25) is 0 Å². The molecule has 7 nitrogen and oxygen atoms in total. The standard InChI is InChI=1S/C6H8O7.4Na.4H/c1-2(7)6(12)13-3(4(8)9)5(10)11;;;;;;;;/h2-3,7H,1H3,(H,8,9)(H,10,11);;;;;;;;. The topological polar surface area (TPSA) is 121 Å². The van der Waals surface area contributed by atoms with E-state index in [0.717, 1.165) is 6.92 Å². The molecule has 17 heavy (non-hydrogen) atoms. The van der Waals surface area contributed by atoms with Crippen LogP contribution in [0.2, 0.25) is 0 Å². The minimum atomic E-state index is -2.28. The summed E-state index contributed by atoms with van der Waals surface area (Å²) < 4.78 is 3.95. The van der Waals surface area contributed by atoms with Crippen LogP contribution >= 0.6 is 0 Å². The van der Waals surface area contributed by atoms with Gasteiger partial charge in [0.25, 0.3) is 6.10 Å². The number of rotatable bonds is 4. The first-order valence-corrected chi connectivity index (χ1v) is 3.20. The Balaban J connectivity index is -0.000000120. The SMILES string of the molecule is CC(O)C(=O)OC(C(=O)O)C(=O)O.[NaH].[NaH].[NaH].[NaH]. The Labute approximate surface area is 186 Å². The van der Waals surface area contributed by atoms with Gasteiger partial charge in [-0.25, -0.2) is 14.4 Å². The minimum absolute atomic E-state index is 0. The van der Waals surface area contributed by atoms with Crippen LogP contribution < -0.4 is 0 Å². The molecular weight excluding hydrogens is 276 g/mol. The molecule has 0 bridgehead atoms. The molecule has 0 heterocycles. The Morgan fingerprint density at radius 1 is 0.941 bits per heavy atom. The van der Waals surface area contributed by atoms with Crippen LogP contribution in [0.25, 0.3) is 0 Å². The van der Waals surface area contributed by atoms with E-state index in [2.05, 4.69) is 4.74 Å². The summed E-state index contributed by atoms with van der Waals surface area (Å²) in [6.07, 6.45) is -3.83. The average Bonchev–Trinajstić information content (AvgIpc) is 1.97. The summed E-state index contributed by atoms with van der Waals surface area (Å²) in [6, 6.07) is 0. The molecule has 0 radical (unpaired) electrons. The van der Waals surface area contributed by atoms with Crippen LogP contribution in [-0.4, -0.2) is 164 Å². The third kappa shape index (κ3) is 14.6. The van der Waals surface area contributed by atoms with E-state index < -0.39 is 30.1 Å². The van der Waals surface area contributed by atoms with Crippen LogP contribution in [0.5, 0.6) is 0 Å². The van der Waals surface area contributed by atoms with E-state index in [-0.39, 0.29) is 118 Å². The molecular formula is C6H12Na4O7. The number of carboxylic acid groups (broad SMARTS) is 2. The summed E-state index contributed by atoms with van der Waals surface area (Å²) in [4.78, 5) is 30.9. The molecule has 0 aromatic carbocycles. The Morgan fingerprint density at radius 2 is 1.24 bits per heavy atom. The molecule has 0 spiro atoms. The van der Waals surface area contributed by atoms with Gasteiger partial charge in [0.15, 0.2) is 0 Å². The molecule has 82 valence electrons. The molecule has 0 rings (SSSR count). The van der Waals surface area contributed by atoms with E-state index in [1.807, 2.05) is 0 Å². The summed E-state index contributed by atoms with van der Waals surface area (Å²) in [5, 5.41) is 25.0. The van der Waals surface area contributed by atoms with Gasteiger partial charge in [-0.15, -0.1) is 0 Å². The van der Waals surface area contributed by atoms with Gasteiger partial charge >= 0.3 is 136 Å². The van der Waals surface area contributed by atoms with Crippen molar-refractivity contribution in [2.75, 3.05) is 0 Å². The van der Waals surface area contributed by atoms with Gasteiger partial charge in [-0.1, -0.05) is 0 Å². The molecule has 0 aromatic rings. The van der Waals surface area contributed by atoms with E-state index in [4.69, 9.17) is 15.3 Å². The number of carbonyl (C=O) groups is 3. The average molecular weight is 288 g/mol. The fraction of sp³-hybridized carbons (Fsp3) is 0.500. The fourth-order valence-electron chi connectivity index (χ4n) is 0.421. The molecule has 0 aliphatic carbocycles. The predicted molar refractivity (Wildman–Crippen MR) is 65.4 cm³/mol. The van der Waals surface area contributed by atoms with E-state index in [1.165, 1.54) is 0 Å². The first-order valence-electron chi connectivity index (χ1n) is 3.20. The van der Waals surface area contributed by atoms with Gasteiger partial charge in [0, 0.05) is 0 Å². The number of hydrogen-bond donors (Lipinski definition) is 3. The van der Waals surface area contributed by atoms with E-state index in [1.54, 1.807) is 0 Å². The van der Waals surface area contributed by atoms with Crippen molar-refractivity contribution in [3.63, 3.8) is 0 Å². The van der Waals surface area contributed by atoms with Crippen molar-refractivity contribution >= 4 is 136 Å². The van der Waals surface area contributed by atoms with E-state index in [0.29, 0.717) is 0 Å². The molecule has 0 aliphatic rings. The number of ether oxygens (including phenoxy) is 1. The van der Waals surface area contributed by atoms with Crippen molar-refractivity contribution in [3.05, 3.63) is 0 Å². The molecule has 1 unspecified atom stereocenters. The molecule has 0 saturated carbocycles. The van der Waals surface area contributed by atoms with Crippen LogP contribution in [0.1, 0.15) is 6.92 Å². The number of aliphatic hydroxyl groups is 1. The van der Waals surface area contributed by atoms with Gasteiger partial charge in [0.1, 0.15) is 6.10 Å². The van der Waals surface area contributed by atoms with Gasteiger partial charge in [0.2, 0.25) is 0 Å². The third-order valence-electron chi connectivity index (χ3n) is 1.02.